The van der Waals surface area contributed by atoms with Crippen molar-refractivity contribution in [2.24, 2.45) is 15.7 Å². The molecule has 3 heterocycles. The van der Waals surface area contributed by atoms with Crippen LogP contribution in [0.15, 0.2) is 58.5 Å². The predicted molar refractivity (Wildman–Crippen MR) is 152 cm³/mol. The van der Waals surface area contributed by atoms with Gasteiger partial charge in [0.2, 0.25) is 0 Å². The van der Waals surface area contributed by atoms with E-state index in [4.69, 9.17) is 22.3 Å². The van der Waals surface area contributed by atoms with E-state index in [9.17, 15) is 9.90 Å². The van der Waals surface area contributed by atoms with E-state index in [-0.39, 0.29) is 17.9 Å². The van der Waals surface area contributed by atoms with Crippen molar-refractivity contribution in [3.8, 4) is 0 Å². The van der Waals surface area contributed by atoms with Crippen LogP contribution in [0.5, 0.6) is 0 Å². The Morgan fingerprint density at radius 3 is 2.45 bits per heavy atom. The lowest BCUT2D eigenvalue weighted by Gasteiger charge is -2.42. The van der Waals surface area contributed by atoms with Gasteiger partial charge in [0, 0.05) is 62.1 Å². The Hall–Kier alpha value is -2.98. The van der Waals surface area contributed by atoms with Crippen molar-refractivity contribution in [2.75, 3.05) is 51.1 Å². The van der Waals surface area contributed by atoms with Crippen LogP contribution in [-0.2, 0) is 5.60 Å². The average Bonchev–Trinajstić information content (AvgIpc) is 2.95. The monoisotopic (exact) mass is 537 g/mol. The Labute approximate surface area is 228 Å². The predicted octanol–water partition coefficient (Wildman–Crippen LogP) is 2.66. The van der Waals surface area contributed by atoms with E-state index < -0.39 is 5.60 Å². The number of piperidine rings is 1. The Morgan fingerprint density at radius 2 is 1.76 bits per heavy atom. The first-order valence-electron chi connectivity index (χ1n) is 13.4. The van der Waals surface area contributed by atoms with Crippen molar-refractivity contribution in [1.82, 2.24) is 15.1 Å². The minimum Gasteiger partial charge on any atom is -0.385 e. The van der Waals surface area contributed by atoms with Gasteiger partial charge < -0.3 is 26.4 Å². The number of piperazine rings is 1. The molecule has 5 N–H and O–H groups in total. The molecule has 3 aliphatic heterocycles. The fourth-order valence-corrected chi connectivity index (χ4v) is 5.59. The summed E-state index contributed by atoms with van der Waals surface area (Å²) in [5, 5.41) is 18.3. The van der Waals surface area contributed by atoms with Crippen LogP contribution < -0.4 is 16.4 Å². The summed E-state index contributed by atoms with van der Waals surface area (Å²) >= 11 is 6.03. The molecule has 2 aromatic rings. The van der Waals surface area contributed by atoms with E-state index in [1.165, 1.54) is 0 Å². The number of nitrogens with two attached hydrogens (primary N) is 1. The summed E-state index contributed by atoms with van der Waals surface area (Å²) in [6.45, 7) is 5.31. The number of likely N-dealkylation sites (tertiary alicyclic amines) is 1. The lowest BCUT2D eigenvalue weighted by Crippen LogP contribution is -2.50. The van der Waals surface area contributed by atoms with Gasteiger partial charge in [-0.05, 0) is 67.6 Å². The maximum absolute atomic E-state index is 12.7. The fourth-order valence-electron chi connectivity index (χ4n) is 5.47. The zero-order chi connectivity index (χ0) is 26.5. The van der Waals surface area contributed by atoms with Crippen molar-refractivity contribution >= 4 is 35.0 Å². The lowest BCUT2D eigenvalue weighted by atomic mass is 9.83. The SMILES string of the molecule is NC(=NC1=NCCCC1N1CCC(O)(c2ccc(Cl)cc2)CC1)Nc1ccc(C(=O)N2CCNCC2)cc1. The quantitative estimate of drug-likeness (QED) is 0.352. The van der Waals surface area contributed by atoms with Gasteiger partial charge in [0.25, 0.3) is 5.91 Å². The van der Waals surface area contributed by atoms with E-state index in [2.05, 4.69) is 20.5 Å². The first-order valence-corrected chi connectivity index (χ1v) is 13.8. The summed E-state index contributed by atoms with van der Waals surface area (Å²) in [6.07, 6.45) is 3.22. The van der Waals surface area contributed by atoms with Crippen LogP contribution in [0.3, 0.4) is 0 Å². The molecule has 5 rings (SSSR count). The third kappa shape index (κ3) is 6.18. The number of rotatable bonds is 4. The molecule has 1 amide bonds. The number of nitrogens with one attached hydrogen (secondary N) is 2. The molecule has 0 spiro atoms. The van der Waals surface area contributed by atoms with Crippen LogP contribution in [0, 0.1) is 0 Å². The van der Waals surface area contributed by atoms with E-state index >= 15 is 0 Å². The maximum atomic E-state index is 12.7. The number of amidine groups is 1. The number of carbonyl (C=O) groups excluding carboxylic acids is 1. The second kappa shape index (κ2) is 11.8. The molecular weight excluding hydrogens is 502 g/mol. The second-order valence-corrected chi connectivity index (χ2v) is 10.7. The second-order valence-electron chi connectivity index (χ2n) is 10.2. The largest absolute Gasteiger partial charge is 0.385 e. The summed E-state index contributed by atoms with van der Waals surface area (Å²) in [5.74, 6) is 1.04. The molecule has 9 nitrogen and oxygen atoms in total. The Kier molecular flexibility index (Phi) is 8.28. The molecule has 3 aliphatic rings. The van der Waals surface area contributed by atoms with E-state index in [0.717, 1.165) is 75.7 Å². The van der Waals surface area contributed by atoms with Gasteiger partial charge in [-0.3, -0.25) is 14.7 Å². The molecule has 0 radical (unpaired) electrons. The van der Waals surface area contributed by atoms with Crippen LogP contribution >= 0.6 is 11.6 Å². The molecule has 38 heavy (non-hydrogen) atoms. The molecule has 2 aromatic carbocycles. The van der Waals surface area contributed by atoms with Crippen LogP contribution in [-0.4, -0.2) is 84.5 Å². The van der Waals surface area contributed by atoms with Crippen LogP contribution in [0.25, 0.3) is 0 Å². The van der Waals surface area contributed by atoms with E-state index in [1.807, 2.05) is 53.4 Å². The summed E-state index contributed by atoms with van der Waals surface area (Å²) in [4.78, 5) is 26.3. The van der Waals surface area contributed by atoms with Crippen molar-refractivity contribution in [3.05, 3.63) is 64.7 Å². The highest BCUT2D eigenvalue weighted by Crippen LogP contribution is 2.35. The molecule has 1 unspecified atom stereocenters. The number of carbonyl (C=O) groups is 1. The molecule has 0 saturated carbocycles. The smallest absolute Gasteiger partial charge is 0.253 e. The minimum absolute atomic E-state index is 0.0450. The zero-order valence-electron chi connectivity index (χ0n) is 21.6. The highest BCUT2D eigenvalue weighted by Gasteiger charge is 2.37. The lowest BCUT2D eigenvalue weighted by molar-refractivity contribution is -0.0309. The van der Waals surface area contributed by atoms with Crippen molar-refractivity contribution < 1.29 is 9.90 Å². The van der Waals surface area contributed by atoms with Gasteiger partial charge in [0.15, 0.2) is 5.96 Å². The number of aliphatic hydroxyl groups is 1. The van der Waals surface area contributed by atoms with Crippen molar-refractivity contribution in [1.29, 1.82) is 0 Å². The van der Waals surface area contributed by atoms with E-state index in [1.54, 1.807) is 0 Å². The standard InChI is InChI=1S/C28H36ClN7O2/c29-22-7-5-21(6-8-22)28(38)11-16-35(17-12-28)24-2-1-13-32-25(24)34-27(30)33-23-9-3-20(4-10-23)26(37)36-18-14-31-15-19-36/h3-10,24,31,38H,1-2,11-19H2,(H3,30,32,33,34). The third-order valence-corrected chi connectivity index (χ3v) is 7.95. The molecule has 1 atom stereocenters. The maximum Gasteiger partial charge on any atom is 0.253 e. The molecule has 2 saturated heterocycles. The van der Waals surface area contributed by atoms with Gasteiger partial charge in [-0.2, -0.15) is 4.99 Å². The highest BCUT2D eigenvalue weighted by atomic mass is 35.5. The van der Waals surface area contributed by atoms with Crippen molar-refractivity contribution in [3.63, 3.8) is 0 Å². The zero-order valence-corrected chi connectivity index (χ0v) is 22.3. The Balaban J connectivity index is 1.20. The molecule has 0 aliphatic carbocycles. The fraction of sp³-hybridized carbons (Fsp3) is 0.464. The molecular formula is C28H36ClN7O2. The number of hydrogen-bond donors (Lipinski definition) is 4. The molecule has 0 aromatic heterocycles. The normalized spacial score (nSPS) is 22.6. The van der Waals surface area contributed by atoms with Crippen molar-refractivity contribution in [2.45, 2.75) is 37.3 Å². The van der Waals surface area contributed by atoms with Gasteiger partial charge >= 0.3 is 0 Å². The highest BCUT2D eigenvalue weighted by molar-refractivity contribution is 6.30. The number of benzene rings is 2. The van der Waals surface area contributed by atoms with Gasteiger partial charge in [-0.25, -0.2) is 0 Å². The molecule has 2 fully saturated rings. The number of nitrogens with zero attached hydrogens (tertiary/aromatic N) is 4. The Morgan fingerprint density at radius 1 is 1.08 bits per heavy atom. The number of halogens is 1. The summed E-state index contributed by atoms with van der Waals surface area (Å²) in [5.41, 5.74) is 7.76. The topological polar surface area (TPSA) is 119 Å². The average molecular weight is 538 g/mol. The number of aliphatic imine (C=N–C) groups is 2. The first-order chi connectivity index (χ1) is 18.4. The molecule has 0 bridgehead atoms. The summed E-state index contributed by atoms with van der Waals surface area (Å²) < 4.78 is 0. The van der Waals surface area contributed by atoms with Gasteiger partial charge in [0.05, 0.1) is 11.6 Å². The molecule has 202 valence electrons. The van der Waals surface area contributed by atoms with E-state index in [0.29, 0.717) is 23.4 Å². The van der Waals surface area contributed by atoms with Gasteiger partial charge in [-0.1, -0.05) is 23.7 Å². The number of anilines is 1. The van der Waals surface area contributed by atoms with Crippen LogP contribution in [0.1, 0.15) is 41.6 Å². The Bertz CT molecular complexity index is 1170. The molecule has 10 heteroatoms. The van der Waals surface area contributed by atoms with Gasteiger partial charge in [0.1, 0.15) is 5.84 Å². The third-order valence-electron chi connectivity index (χ3n) is 7.70. The summed E-state index contributed by atoms with van der Waals surface area (Å²) in [7, 11) is 0. The van der Waals surface area contributed by atoms with Crippen LogP contribution in [0.4, 0.5) is 5.69 Å². The minimum atomic E-state index is -0.852. The first kappa shape index (κ1) is 26.6. The number of hydrogen-bond acceptors (Lipinski definition) is 6. The van der Waals surface area contributed by atoms with Crippen LogP contribution in [0.2, 0.25) is 5.02 Å². The summed E-state index contributed by atoms with van der Waals surface area (Å²) in [6, 6.07) is 14.9. The number of amides is 1. The van der Waals surface area contributed by atoms with Gasteiger partial charge in [-0.15, -0.1) is 0 Å². The number of guanidine groups is 1.